The molecule has 0 unspecified atom stereocenters. The minimum Gasteiger partial charge on any atom is -0.313 e. The number of nitrogens with one attached hydrogen (secondary N) is 1. The van der Waals surface area contributed by atoms with E-state index in [0.29, 0.717) is 5.41 Å². The highest BCUT2D eigenvalue weighted by atomic mass is 14.8. The second-order valence-corrected chi connectivity index (χ2v) is 7.64. The Hall–Kier alpha value is -0.820. The Morgan fingerprint density at radius 2 is 1.60 bits per heavy atom. The lowest BCUT2D eigenvalue weighted by molar-refractivity contribution is -0.00561. The molecule has 4 saturated carbocycles. The molecule has 0 radical (unpaired) electrons. The maximum absolute atomic E-state index is 3.54. The third kappa shape index (κ3) is 2.02. The molecule has 4 bridgehead atoms. The van der Waals surface area contributed by atoms with Gasteiger partial charge in [-0.05, 0) is 79.4 Å². The minimum atomic E-state index is 0.542. The Balaban J connectivity index is 1.70. The van der Waals surface area contributed by atoms with Crippen molar-refractivity contribution in [3.8, 4) is 0 Å². The van der Waals surface area contributed by atoms with Crippen molar-refractivity contribution in [2.45, 2.75) is 57.4 Å². The van der Waals surface area contributed by atoms with Crippen molar-refractivity contribution >= 4 is 0 Å². The summed E-state index contributed by atoms with van der Waals surface area (Å²) >= 11 is 0. The minimum absolute atomic E-state index is 0.542. The van der Waals surface area contributed by atoms with Crippen molar-refractivity contribution < 1.29 is 0 Å². The van der Waals surface area contributed by atoms with E-state index in [2.05, 4.69) is 36.5 Å². The van der Waals surface area contributed by atoms with Crippen molar-refractivity contribution in [2.75, 3.05) is 6.54 Å². The second-order valence-electron chi connectivity index (χ2n) is 7.64. The Bertz CT molecular complexity index is 455. The molecule has 5 rings (SSSR count). The zero-order valence-corrected chi connectivity index (χ0v) is 12.7. The van der Waals surface area contributed by atoms with Crippen LogP contribution in [0.4, 0.5) is 0 Å². The lowest BCUT2D eigenvalue weighted by Gasteiger charge is -2.57. The summed E-state index contributed by atoms with van der Waals surface area (Å²) in [5, 5.41) is 3.54. The van der Waals surface area contributed by atoms with Crippen LogP contribution in [0, 0.1) is 17.8 Å². The molecule has 1 N–H and O–H groups in total. The van der Waals surface area contributed by atoms with E-state index >= 15 is 0 Å². The third-order valence-corrected chi connectivity index (χ3v) is 6.19. The number of benzene rings is 1. The maximum atomic E-state index is 3.54. The topological polar surface area (TPSA) is 12.0 Å². The first kappa shape index (κ1) is 12.9. The van der Waals surface area contributed by atoms with E-state index in [0.717, 1.165) is 30.8 Å². The van der Waals surface area contributed by atoms with Gasteiger partial charge in [0.05, 0.1) is 0 Å². The molecule has 0 heterocycles. The van der Waals surface area contributed by atoms with Gasteiger partial charge < -0.3 is 5.32 Å². The van der Waals surface area contributed by atoms with E-state index in [9.17, 15) is 0 Å². The first-order valence-electron chi connectivity index (χ1n) is 8.58. The highest BCUT2D eigenvalue weighted by Crippen LogP contribution is 2.61. The van der Waals surface area contributed by atoms with Crippen LogP contribution in [0.15, 0.2) is 24.3 Å². The smallest absolute Gasteiger partial charge is 0.0208 e. The molecule has 0 spiro atoms. The number of hydrogen-bond donors (Lipinski definition) is 1. The monoisotopic (exact) mass is 269 g/mol. The molecule has 4 fully saturated rings. The van der Waals surface area contributed by atoms with Crippen molar-refractivity contribution in [1.82, 2.24) is 5.32 Å². The molecule has 0 atom stereocenters. The summed E-state index contributed by atoms with van der Waals surface area (Å²) in [6, 6.07) is 9.29. The normalized spacial score (nSPS) is 38.4. The number of hydrogen-bond acceptors (Lipinski definition) is 1. The molecule has 0 aromatic heterocycles. The molecule has 0 aliphatic heterocycles. The summed E-state index contributed by atoms with van der Waals surface area (Å²) in [6.07, 6.45) is 9.03. The van der Waals surface area contributed by atoms with E-state index < -0.39 is 0 Å². The van der Waals surface area contributed by atoms with Gasteiger partial charge in [-0.1, -0.05) is 31.2 Å². The molecule has 1 nitrogen and oxygen atoms in total. The van der Waals surface area contributed by atoms with Gasteiger partial charge in [0.1, 0.15) is 0 Å². The van der Waals surface area contributed by atoms with E-state index in [1.54, 1.807) is 11.1 Å². The average molecular weight is 269 g/mol. The summed E-state index contributed by atoms with van der Waals surface area (Å²) in [4.78, 5) is 0. The van der Waals surface area contributed by atoms with Crippen LogP contribution in [0.1, 0.15) is 56.6 Å². The quantitative estimate of drug-likeness (QED) is 0.861. The van der Waals surface area contributed by atoms with Crippen LogP contribution in [0.25, 0.3) is 0 Å². The van der Waals surface area contributed by atoms with Gasteiger partial charge >= 0.3 is 0 Å². The van der Waals surface area contributed by atoms with Gasteiger partial charge in [0.15, 0.2) is 0 Å². The van der Waals surface area contributed by atoms with Crippen molar-refractivity contribution in [3.05, 3.63) is 35.4 Å². The molecule has 1 aromatic carbocycles. The fraction of sp³-hybridized carbons (Fsp3) is 0.684. The predicted octanol–water partition coefficient (Wildman–Crippen LogP) is 4.26. The molecule has 1 heteroatoms. The highest BCUT2D eigenvalue weighted by Gasteiger charge is 2.51. The summed E-state index contributed by atoms with van der Waals surface area (Å²) in [7, 11) is 0. The van der Waals surface area contributed by atoms with Crippen LogP contribution in [0.2, 0.25) is 0 Å². The van der Waals surface area contributed by atoms with Crippen LogP contribution in [-0.2, 0) is 12.0 Å². The summed E-state index contributed by atoms with van der Waals surface area (Å²) < 4.78 is 0. The van der Waals surface area contributed by atoms with Crippen LogP contribution >= 0.6 is 0 Å². The molecule has 4 aliphatic rings. The molecule has 0 amide bonds. The lowest BCUT2D eigenvalue weighted by atomic mass is 9.47. The van der Waals surface area contributed by atoms with E-state index in [4.69, 9.17) is 0 Å². The fourth-order valence-electron chi connectivity index (χ4n) is 5.89. The lowest BCUT2D eigenvalue weighted by Crippen LogP contribution is -2.49. The summed E-state index contributed by atoms with van der Waals surface area (Å²) in [6.45, 7) is 4.32. The second kappa shape index (κ2) is 4.87. The van der Waals surface area contributed by atoms with Crippen molar-refractivity contribution in [3.63, 3.8) is 0 Å². The fourth-order valence-corrected chi connectivity index (χ4v) is 5.89. The van der Waals surface area contributed by atoms with Gasteiger partial charge in [0.2, 0.25) is 0 Å². The van der Waals surface area contributed by atoms with Crippen LogP contribution in [0.3, 0.4) is 0 Å². The van der Waals surface area contributed by atoms with Crippen molar-refractivity contribution in [2.24, 2.45) is 17.8 Å². The van der Waals surface area contributed by atoms with Crippen molar-refractivity contribution in [1.29, 1.82) is 0 Å². The molecule has 4 aliphatic carbocycles. The molecular formula is C19H27N. The SMILES string of the molecule is CCNCc1ccccc1C12CC3CC(CC(C3)C1)C2. The van der Waals surface area contributed by atoms with Crippen LogP contribution in [-0.4, -0.2) is 6.54 Å². The van der Waals surface area contributed by atoms with Gasteiger partial charge in [-0.15, -0.1) is 0 Å². The average Bonchev–Trinajstić information content (AvgIpc) is 2.44. The molecule has 1 aromatic rings. The Kier molecular flexibility index (Phi) is 3.14. The van der Waals surface area contributed by atoms with E-state index in [1.807, 2.05) is 0 Å². The Morgan fingerprint density at radius 3 is 2.20 bits per heavy atom. The Labute approximate surface area is 123 Å². The highest BCUT2D eigenvalue weighted by molar-refractivity contribution is 5.36. The van der Waals surface area contributed by atoms with E-state index in [-0.39, 0.29) is 0 Å². The predicted molar refractivity (Wildman–Crippen MR) is 83.7 cm³/mol. The Morgan fingerprint density at radius 1 is 1.00 bits per heavy atom. The molecule has 20 heavy (non-hydrogen) atoms. The number of rotatable bonds is 4. The maximum Gasteiger partial charge on any atom is 0.0208 e. The van der Waals surface area contributed by atoms with Crippen LogP contribution < -0.4 is 5.32 Å². The zero-order chi connectivity index (χ0) is 13.6. The standard InChI is InChI=1S/C19H27N/c1-2-20-13-17-5-3-4-6-18(17)19-10-14-7-15(11-19)9-16(8-14)12-19/h3-6,14-16,20H,2,7-13H2,1H3. The van der Waals surface area contributed by atoms with Gasteiger partial charge in [-0.3, -0.25) is 0 Å². The molecule has 108 valence electrons. The summed E-state index contributed by atoms with van der Waals surface area (Å²) in [5.41, 5.74) is 3.80. The first-order valence-corrected chi connectivity index (χ1v) is 8.58. The largest absolute Gasteiger partial charge is 0.313 e. The summed E-state index contributed by atoms with van der Waals surface area (Å²) in [5.74, 6) is 3.11. The van der Waals surface area contributed by atoms with E-state index in [1.165, 1.54) is 38.5 Å². The van der Waals surface area contributed by atoms with Gasteiger partial charge in [0, 0.05) is 6.54 Å². The molecular weight excluding hydrogens is 242 g/mol. The zero-order valence-electron chi connectivity index (χ0n) is 12.7. The van der Waals surface area contributed by atoms with Gasteiger partial charge in [0.25, 0.3) is 0 Å². The van der Waals surface area contributed by atoms with Gasteiger partial charge in [-0.2, -0.15) is 0 Å². The van der Waals surface area contributed by atoms with Gasteiger partial charge in [-0.25, -0.2) is 0 Å². The van der Waals surface area contributed by atoms with Crippen LogP contribution in [0.5, 0.6) is 0 Å². The molecule has 0 saturated heterocycles. The third-order valence-electron chi connectivity index (χ3n) is 6.19. The first-order chi connectivity index (χ1) is 9.79.